The Hall–Kier alpha value is -1.07. The fourth-order valence-corrected chi connectivity index (χ4v) is 2.82. The highest BCUT2D eigenvalue weighted by Crippen LogP contribution is 2.36. The molecule has 5 nitrogen and oxygen atoms in total. The summed E-state index contributed by atoms with van der Waals surface area (Å²) in [6.45, 7) is 2.26. The van der Waals surface area contributed by atoms with E-state index in [1.165, 1.54) is 12.7 Å². The van der Waals surface area contributed by atoms with E-state index in [4.69, 9.17) is 17.3 Å². The summed E-state index contributed by atoms with van der Waals surface area (Å²) >= 11 is 6.07. The van der Waals surface area contributed by atoms with E-state index >= 15 is 0 Å². The zero-order valence-electron chi connectivity index (χ0n) is 10.5. The molecule has 0 aromatic carbocycles. The number of rotatable bonds is 3. The number of hydrogen-bond acceptors (Lipinski definition) is 5. The van der Waals surface area contributed by atoms with Gasteiger partial charge in [-0.15, -0.1) is 0 Å². The van der Waals surface area contributed by atoms with E-state index < -0.39 is 0 Å². The summed E-state index contributed by atoms with van der Waals surface area (Å²) in [5, 5.41) is 13.3. The third-order valence-electron chi connectivity index (χ3n) is 3.59. The average Bonchev–Trinajstić information content (AvgIpc) is 2.35. The first-order valence-electron chi connectivity index (χ1n) is 6.21. The van der Waals surface area contributed by atoms with E-state index in [-0.39, 0.29) is 18.0 Å². The fraction of sp³-hybridized carbons (Fsp3) is 0.667. The van der Waals surface area contributed by atoms with E-state index in [1.54, 1.807) is 0 Å². The number of nitrogens with one attached hydrogen (secondary N) is 1. The Morgan fingerprint density at radius 2 is 2.39 bits per heavy atom. The summed E-state index contributed by atoms with van der Waals surface area (Å²) in [7, 11) is 0. The predicted octanol–water partition coefficient (Wildman–Crippen LogP) is 2.07. The normalized spacial score (nSPS) is 28.1. The Balaban J connectivity index is 2.22. The highest BCUT2D eigenvalue weighted by molar-refractivity contribution is 6.35. The molecule has 0 aliphatic heterocycles. The molecule has 100 valence electrons. The number of anilines is 2. The first-order chi connectivity index (χ1) is 8.56. The largest absolute Gasteiger partial charge is 0.394 e. The predicted molar refractivity (Wildman–Crippen MR) is 72.5 cm³/mol. The first kappa shape index (κ1) is 13.4. The molecule has 0 amide bonds. The molecule has 0 saturated heterocycles. The third kappa shape index (κ3) is 2.67. The highest BCUT2D eigenvalue weighted by atomic mass is 35.5. The number of hydrogen-bond donors (Lipinski definition) is 3. The second-order valence-corrected chi connectivity index (χ2v) is 5.56. The summed E-state index contributed by atoms with van der Waals surface area (Å²) < 4.78 is 0. The van der Waals surface area contributed by atoms with Gasteiger partial charge < -0.3 is 16.2 Å². The van der Waals surface area contributed by atoms with Crippen LogP contribution in [0.1, 0.15) is 32.6 Å². The molecule has 2 rings (SSSR count). The molecule has 6 heteroatoms. The zero-order valence-corrected chi connectivity index (χ0v) is 11.2. The molecule has 1 fully saturated rings. The van der Waals surface area contributed by atoms with Gasteiger partial charge >= 0.3 is 0 Å². The maximum atomic E-state index is 9.70. The molecule has 1 aromatic rings. The number of aliphatic hydroxyl groups excluding tert-OH is 1. The van der Waals surface area contributed by atoms with Gasteiger partial charge in [0, 0.05) is 0 Å². The molecule has 1 aliphatic rings. The Labute approximate surface area is 112 Å². The maximum absolute atomic E-state index is 9.70. The van der Waals surface area contributed by atoms with Crippen LogP contribution in [-0.4, -0.2) is 27.2 Å². The highest BCUT2D eigenvalue weighted by Gasteiger charge is 2.35. The van der Waals surface area contributed by atoms with Gasteiger partial charge in [-0.3, -0.25) is 0 Å². The number of aromatic nitrogens is 2. The van der Waals surface area contributed by atoms with Crippen LogP contribution in [0.2, 0.25) is 5.02 Å². The number of halogens is 1. The van der Waals surface area contributed by atoms with Crippen molar-refractivity contribution in [1.29, 1.82) is 0 Å². The SMILES string of the molecule is CC1CCCC(CO)(Nc2ncnc(N)c2Cl)C1. The van der Waals surface area contributed by atoms with Crippen molar-refractivity contribution in [1.82, 2.24) is 9.97 Å². The molecule has 0 radical (unpaired) electrons. The monoisotopic (exact) mass is 270 g/mol. The third-order valence-corrected chi connectivity index (χ3v) is 3.97. The van der Waals surface area contributed by atoms with Crippen LogP contribution in [0, 0.1) is 5.92 Å². The van der Waals surface area contributed by atoms with E-state index in [2.05, 4.69) is 22.2 Å². The lowest BCUT2D eigenvalue weighted by Crippen LogP contribution is -2.46. The van der Waals surface area contributed by atoms with Crippen LogP contribution in [-0.2, 0) is 0 Å². The van der Waals surface area contributed by atoms with E-state index in [1.807, 2.05) is 0 Å². The molecule has 1 aromatic heterocycles. The number of aliphatic hydroxyl groups is 1. The van der Waals surface area contributed by atoms with Crippen LogP contribution < -0.4 is 11.1 Å². The van der Waals surface area contributed by atoms with E-state index in [0.29, 0.717) is 16.8 Å². The first-order valence-corrected chi connectivity index (χ1v) is 6.59. The lowest BCUT2D eigenvalue weighted by atomic mass is 9.77. The second-order valence-electron chi connectivity index (χ2n) is 5.19. The lowest BCUT2D eigenvalue weighted by molar-refractivity contribution is 0.149. The number of nitrogen functional groups attached to an aromatic ring is 1. The Kier molecular flexibility index (Phi) is 3.92. The van der Waals surface area contributed by atoms with Crippen molar-refractivity contribution in [3.8, 4) is 0 Å². The van der Waals surface area contributed by atoms with E-state index in [0.717, 1.165) is 19.3 Å². The molecule has 18 heavy (non-hydrogen) atoms. The van der Waals surface area contributed by atoms with Crippen molar-refractivity contribution in [2.24, 2.45) is 5.92 Å². The lowest BCUT2D eigenvalue weighted by Gasteiger charge is -2.39. The molecule has 1 heterocycles. The summed E-state index contributed by atoms with van der Waals surface area (Å²) in [5.74, 6) is 1.34. The van der Waals surface area contributed by atoms with Gasteiger partial charge in [0.25, 0.3) is 0 Å². The van der Waals surface area contributed by atoms with E-state index in [9.17, 15) is 5.11 Å². The molecule has 2 atom stereocenters. The van der Waals surface area contributed by atoms with Crippen LogP contribution in [0.25, 0.3) is 0 Å². The van der Waals surface area contributed by atoms with Crippen LogP contribution in [0.5, 0.6) is 0 Å². The molecular formula is C12H19ClN4O. The zero-order chi connectivity index (χ0) is 13.2. The minimum absolute atomic E-state index is 0.0670. The van der Waals surface area contributed by atoms with Gasteiger partial charge in [-0.25, -0.2) is 9.97 Å². The molecule has 0 spiro atoms. The molecule has 0 bridgehead atoms. The van der Waals surface area contributed by atoms with Crippen LogP contribution in [0.15, 0.2) is 6.33 Å². The molecule has 4 N–H and O–H groups in total. The summed E-state index contributed by atoms with van der Waals surface area (Å²) in [4.78, 5) is 7.93. The molecule has 2 unspecified atom stereocenters. The van der Waals surface area contributed by atoms with Gasteiger partial charge in [0.1, 0.15) is 17.2 Å². The van der Waals surface area contributed by atoms with Crippen LogP contribution in [0.3, 0.4) is 0 Å². The van der Waals surface area contributed by atoms with Crippen LogP contribution >= 0.6 is 11.6 Å². The Bertz CT molecular complexity index is 429. The van der Waals surface area contributed by atoms with Gasteiger partial charge in [-0.1, -0.05) is 31.4 Å². The second kappa shape index (κ2) is 5.28. The number of nitrogens with zero attached hydrogens (tertiary/aromatic N) is 2. The van der Waals surface area contributed by atoms with Crippen molar-refractivity contribution in [2.45, 2.75) is 38.1 Å². The molecular weight excluding hydrogens is 252 g/mol. The fourth-order valence-electron chi connectivity index (χ4n) is 2.68. The smallest absolute Gasteiger partial charge is 0.150 e. The van der Waals surface area contributed by atoms with Crippen molar-refractivity contribution in [2.75, 3.05) is 17.7 Å². The quantitative estimate of drug-likeness (QED) is 0.783. The van der Waals surface area contributed by atoms with Crippen molar-refractivity contribution in [3.63, 3.8) is 0 Å². The van der Waals surface area contributed by atoms with Gasteiger partial charge in [0.2, 0.25) is 0 Å². The standard InChI is InChI=1S/C12H19ClN4O/c1-8-3-2-4-12(5-8,6-18)17-11-9(13)10(14)15-7-16-11/h7-8,18H,2-6H2,1H3,(H3,14,15,16,17). The maximum Gasteiger partial charge on any atom is 0.150 e. The minimum atomic E-state index is -0.345. The summed E-state index contributed by atoms with van der Waals surface area (Å²) in [6.07, 6.45) is 5.48. The van der Waals surface area contributed by atoms with Crippen molar-refractivity contribution in [3.05, 3.63) is 11.3 Å². The average molecular weight is 271 g/mol. The Morgan fingerprint density at radius 3 is 3.06 bits per heavy atom. The summed E-state index contributed by atoms with van der Waals surface area (Å²) in [6, 6.07) is 0. The van der Waals surface area contributed by atoms with Gasteiger partial charge in [0.15, 0.2) is 5.82 Å². The minimum Gasteiger partial charge on any atom is -0.394 e. The van der Waals surface area contributed by atoms with Gasteiger partial charge in [0.05, 0.1) is 12.1 Å². The Morgan fingerprint density at radius 1 is 1.61 bits per heavy atom. The van der Waals surface area contributed by atoms with Gasteiger partial charge in [-0.2, -0.15) is 0 Å². The van der Waals surface area contributed by atoms with Gasteiger partial charge in [-0.05, 0) is 18.8 Å². The molecule has 1 saturated carbocycles. The van der Waals surface area contributed by atoms with Crippen molar-refractivity contribution < 1.29 is 5.11 Å². The number of nitrogens with two attached hydrogens (primary N) is 1. The van der Waals surface area contributed by atoms with Crippen LogP contribution in [0.4, 0.5) is 11.6 Å². The van der Waals surface area contributed by atoms with Crippen molar-refractivity contribution >= 4 is 23.2 Å². The molecule has 1 aliphatic carbocycles. The summed E-state index contributed by atoms with van der Waals surface area (Å²) in [5.41, 5.74) is 5.31. The topological polar surface area (TPSA) is 84.1 Å².